The number of piperidine rings is 1. The molecule has 1 fully saturated rings. The molecule has 0 saturated carbocycles. The molecule has 82 valence electrons. The van der Waals surface area contributed by atoms with Crippen LogP contribution >= 0.6 is 0 Å². The molecule has 0 bridgehead atoms. The van der Waals surface area contributed by atoms with Crippen molar-refractivity contribution in [2.45, 2.75) is 25.8 Å². The van der Waals surface area contributed by atoms with Crippen molar-refractivity contribution in [2.75, 3.05) is 13.1 Å². The standard InChI is InChI=1S/C13H20N2/c1-10-4-6-11(7-5-10)13-12(9-14)3-2-8-15-13/h4-7,12-13,15H,2-3,8-9,14H2,1H3/t12-,13-/m0/s1. The van der Waals surface area contributed by atoms with E-state index in [1.54, 1.807) is 0 Å². The minimum Gasteiger partial charge on any atom is -0.330 e. The summed E-state index contributed by atoms with van der Waals surface area (Å²) in [6, 6.07) is 9.27. The van der Waals surface area contributed by atoms with Crippen LogP contribution in [0.15, 0.2) is 24.3 Å². The molecule has 0 unspecified atom stereocenters. The van der Waals surface area contributed by atoms with Crippen LogP contribution in [0.2, 0.25) is 0 Å². The lowest BCUT2D eigenvalue weighted by Gasteiger charge is -2.32. The number of nitrogens with two attached hydrogens (primary N) is 1. The second-order valence-electron chi connectivity index (χ2n) is 4.48. The van der Waals surface area contributed by atoms with Gasteiger partial charge >= 0.3 is 0 Å². The Kier molecular flexibility index (Phi) is 3.39. The Hall–Kier alpha value is -0.860. The van der Waals surface area contributed by atoms with Crippen molar-refractivity contribution in [2.24, 2.45) is 11.7 Å². The van der Waals surface area contributed by atoms with Gasteiger partial charge in [-0.25, -0.2) is 0 Å². The van der Waals surface area contributed by atoms with Crippen molar-refractivity contribution in [3.8, 4) is 0 Å². The van der Waals surface area contributed by atoms with Crippen LogP contribution in [0.1, 0.15) is 30.0 Å². The zero-order chi connectivity index (χ0) is 10.7. The molecule has 1 aliphatic rings. The molecule has 2 heteroatoms. The molecule has 0 radical (unpaired) electrons. The normalized spacial score (nSPS) is 26.5. The molecule has 0 aromatic heterocycles. The Morgan fingerprint density at radius 2 is 2.07 bits per heavy atom. The summed E-state index contributed by atoms with van der Waals surface area (Å²) in [6.07, 6.45) is 2.51. The average Bonchev–Trinajstić information content (AvgIpc) is 2.30. The third-order valence-corrected chi connectivity index (χ3v) is 3.33. The van der Waals surface area contributed by atoms with Crippen molar-refractivity contribution in [3.63, 3.8) is 0 Å². The Morgan fingerprint density at radius 1 is 1.33 bits per heavy atom. The lowest BCUT2D eigenvalue weighted by molar-refractivity contribution is 0.291. The molecule has 15 heavy (non-hydrogen) atoms. The predicted molar refractivity (Wildman–Crippen MR) is 63.7 cm³/mol. The van der Waals surface area contributed by atoms with Gasteiger partial charge in [0.15, 0.2) is 0 Å². The maximum Gasteiger partial charge on any atom is 0.0360 e. The number of hydrogen-bond acceptors (Lipinski definition) is 2. The van der Waals surface area contributed by atoms with Crippen molar-refractivity contribution >= 4 is 0 Å². The first-order chi connectivity index (χ1) is 7.31. The fraction of sp³-hybridized carbons (Fsp3) is 0.538. The molecule has 2 nitrogen and oxygen atoms in total. The monoisotopic (exact) mass is 204 g/mol. The van der Waals surface area contributed by atoms with E-state index in [2.05, 4.69) is 36.5 Å². The van der Waals surface area contributed by atoms with Gasteiger partial charge in [-0.1, -0.05) is 29.8 Å². The summed E-state index contributed by atoms with van der Waals surface area (Å²) in [4.78, 5) is 0. The van der Waals surface area contributed by atoms with Crippen molar-refractivity contribution < 1.29 is 0 Å². The van der Waals surface area contributed by atoms with Gasteiger partial charge in [0.05, 0.1) is 0 Å². The van der Waals surface area contributed by atoms with Crippen LogP contribution in [0.4, 0.5) is 0 Å². The zero-order valence-electron chi connectivity index (χ0n) is 9.37. The van der Waals surface area contributed by atoms with E-state index in [1.165, 1.54) is 24.0 Å². The van der Waals surface area contributed by atoms with Gasteiger partial charge in [-0.3, -0.25) is 0 Å². The minimum absolute atomic E-state index is 0.462. The highest BCUT2D eigenvalue weighted by Gasteiger charge is 2.24. The summed E-state index contributed by atoms with van der Waals surface area (Å²) in [5, 5.41) is 3.58. The molecule has 1 heterocycles. The van der Waals surface area contributed by atoms with Gasteiger partial charge < -0.3 is 11.1 Å². The van der Waals surface area contributed by atoms with Crippen LogP contribution in [-0.4, -0.2) is 13.1 Å². The highest BCUT2D eigenvalue weighted by atomic mass is 14.9. The Balaban J connectivity index is 2.16. The van der Waals surface area contributed by atoms with E-state index in [0.717, 1.165) is 13.1 Å². The Labute approximate surface area is 91.9 Å². The van der Waals surface area contributed by atoms with Crippen LogP contribution in [0.25, 0.3) is 0 Å². The van der Waals surface area contributed by atoms with Crippen LogP contribution in [0.3, 0.4) is 0 Å². The fourth-order valence-electron chi connectivity index (χ4n) is 2.37. The van der Waals surface area contributed by atoms with E-state index in [1.807, 2.05) is 0 Å². The largest absolute Gasteiger partial charge is 0.330 e. The van der Waals surface area contributed by atoms with Crippen molar-refractivity contribution in [1.29, 1.82) is 0 Å². The lowest BCUT2D eigenvalue weighted by Crippen LogP contribution is -2.37. The smallest absolute Gasteiger partial charge is 0.0360 e. The number of hydrogen-bond donors (Lipinski definition) is 2. The second-order valence-corrected chi connectivity index (χ2v) is 4.48. The average molecular weight is 204 g/mol. The molecule has 1 aliphatic heterocycles. The molecule has 1 aromatic rings. The number of aryl methyl sites for hydroxylation is 1. The molecule has 0 amide bonds. The summed E-state index contributed by atoms with van der Waals surface area (Å²) in [6.45, 7) is 4.03. The van der Waals surface area contributed by atoms with Gasteiger partial charge in [0, 0.05) is 6.04 Å². The topological polar surface area (TPSA) is 38.0 Å². The van der Waals surface area contributed by atoms with E-state index in [4.69, 9.17) is 5.73 Å². The predicted octanol–water partition coefficient (Wildman–Crippen LogP) is 1.99. The highest BCUT2D eigenvalue weighted by Crippen LogP contribution is 2.28. The van der Waals surface area contributed by atoms with Crippen LogP contribution in [0.5, 0.6) is 0 Å². The number of nitrogens with one attached hydrogen (secondary N) is 1. The zero-order valence-corrected chi connectivity index (χ0v) is 9.37. The summed E-state index contributed by atoms with van der Waals surface area (Å²) < 4.78 is 0. The summed E-state index contributed by atoms with van der Waals surface area (Å²) in [7, 11) is 0. The summed E-state index contributed by atoms with van der Waals surface area (Å²) in [5.41, 5.74) is 8.52. The first-order valence-electron chi connectivity index (χ1n) is 5.81. The van der Waals surface area contributed by atoms with Gasteiger partial charge in [-0.2, -0.15) is 0 Å². The van der Waals surface area contributed by atoms with Gasteiger partial charge in [0.2, 0.25) is 0 Å². The van der Waals surface area contributed by atoms with E-state index >= 15 is 0 Å². The quantitative estimate of drug-likeness (QED) is 0.773. The van der Waals surface area contributed by atoms with Crippen LogP contribution in [-0.2, 0) is 0 Å². The van der Waals surface area contributed by atoms with E-state index in [0.29, 0.717) is 12.0 Å². The van der Waals surface area contributed by atoms with Gasteiger partial charge in [-0.05, 0) is 44.3 Å². The first kappa shape index (κ1) is 10.7. The molecular formula is C13H20N2. The van der Waals surface area contributed by atoms with Gasteiger partial charge in [0.25, 0.3) is 0 Å². The molecule has 0 spiro atoms. The summed E-state index contributed by atoms with van der Waals surface area (Å²) in [5.74, 6) is 0.599. The molecule has 3 N–H and O–H groups in total. The Bertz CT molecular complexity index is 305. The minimum atomic E-state index is 0.462. The molecule has 2 atom stereocenters. The first-order valence-corrected chi connectivity index (χ1v) is 5.81. The molecule has 1 saturated heterocycles. The number of benzene rings is 1. The second kappa shape index (κ2) is 4.77. The van der Waals surface area contributed by atoms with Crippen molar-refractivity contribution in [1.82, 2.24) is 5.32 Å². The molecular weight excluding hydrogens is 184 g/mol. The maximum absolute atomic E-state index is 5.82. The summed E-state index contributed by atoms with van der Waals surface area (Å²) >= 11 is 0. The molecule has 0 aliphatic carbocycles. The fourth-order valence-corrected chi connectivity index (χ4v) is 2.37. The third-order valence-electron chi connectivity index (χ3n) is 3.33. The van der Waals surface area contributed by atoms with Crippen LogP contribution in [0, 0.1) is 12.8 Å². The van der Waals surface area contributed by atoms with Crippen LogP contribution < -0.4 is 11.1 Å². The van der Waals surface area contributed by atoms with E-state index < -0.39 is 0 Å². The van der Waals surface area contributed by atoms with E-state index in [9.17, 15) is 0 Å². The van der Waals surface area contributed by atoms with Crippen molar-refractivity contribution in [3.05, 3.63) is 35.4 Å². The highest BCUT2D eigenvalue weighted by molar-refractivity contribution is 5.25. The lowest BCUT2D eigenvalue weighted by atomic mass is 9.86. The molecule has 2 rings (SSSR count). The van der Waals surface area contributed by atoms with Gasteiger partial charge in [-0.15, -0.1) is 0 Å². The number of rotatable bonds is 2. The maximum atomic E-state index is 5.82. The third kappa shape index (κ3) is 2.39. The SMILES string of the molecule is Cc1ccc([C@@H]2NCCC[C@H]2CN)cc1. The van der Waals surface area contributed by atoms with E-state index in [-0.39, 0.29) is 0 Å². The molecule has 1 aromatic carbocycles. The Morgan fingerprint density at radius 3 is 2.73 bits per heavy atom. The van der Waals surface area contributed by atoms with Gasteiger partial charge in [0.1, 0.15) is 0 Å².